The monoisotopic (exact) mass is 317 g/mol. The van der Waals surface area contributed by atoms with E-state index in [0.29, 0.717) is 21.2 Å². The number of nitrogens with two attached hydrogens (primary N) is 1. The third kappa shape index (κ3) is 3.47. The second kappa shape index (κ2) is 5.90. The number of halogens is 3. The second-order valence-corrected chi connectivity index (χ2v) is 6.19. The van der Waals surface area contributed by atoms with Gasteiger partial charge in [0.15, 0.2) is 0 Å². The van der Waals surface area contributed by atoms with Crippen LogP contribution in [-0.2, 0) is 16.6 Å². The van der Waals surface area contributed by atoms with Gasteiger partial charge in [0, 0.05) is 4.90 Å². The van der Waals surface area contributed by atoms with E-state index >= 15 is 0 Å². The average molecular weight is 318 g/mol. The summed E-state index contributed by atoms with van der Waals surface area (Å²) in [6.07, 6.45) is 0. The topological polar surface area (TPSA) is 43.1 Å². The second-order valence-electron chi connectivity index (χ2n) is 3.92. The van der Waals surface area contributed by atoms with E-state index in [1.165, 1.54) is 12.1 Å². The van der Waals surface area contributed by atoms with Crippen LogP contribution in [0.25, 0.3) is 0 Å². The molecule has 2 N–H and O–H groups in total. The molecule has 2 rings (SSSR count). The van der Waals surface area contributed by atoms with Crippen LogP contribution in [0.3, 0.4) is 0 Å². The first kappa shape index (κ1) is 14.3. The van der Waals surface area contributed by atoms with Gasteiger partial charge in [-0.3, -0.25) is 4.21 Å². The molecule has 0 amide bonds. The van der Waals surface area contributed by atoms with Crippen LogP contribution in [0.2, 0.25) is 10.0 Å². The summed E-state index contributed by atoms with van der Waals surface area (Å²) in [4.78, 5) is 0.569. The molecule has 2 aromatic rings. The predicted octanol–water partition coefficient (Wildman–Crippen LogP) is 4.02. The van der Waals surface area contributed by atoms with E-state index < -0.39 is 16.6 Å². The maximum absolute atomic E-state index is 13.0. The van der Waals surface area contributed by atoms with Gasteiger partial charge in [-0.25, -0.2) is 4.39 Å². The number of hydrogen-bond donors (Lipinski definition) is 1. The van der Waals surface area contributed by atoms with Gasteiger partial charge in [-0.15, -0.1) is 0 Å². The summed E-state index contributed by atoms with van der Waals surface area (Å²) >= 11 is 11.6. The zero-order valence-electron chi connectivity index (χ0n) is 9.70. The molecule has 0 aliphatic rings. The van der Waals surface area contributed by atoms with Crippen molar-refractivity contribution in [2.24, 2.45) is 0 Å². The van der Waals surface area contributed by atoms with E-state index in [4.69, 9.17) is 28.9 Å². The Balaban J connectivity index is 2.20. The SMILES string of the molecule is Nc1ccc(S(=O)Cc2ccc(F)c(Cl)c2)cc1Cl. The standard InChI is InChI=1S/C13H10Cl2FNOS/c14-10-5-8(1-3-12(10)16)7-19(18)9-2-4-13(17)11(15)6-9/h1-6H,7,17H2. The molecule has 0 fully saturated rings. The lowest BCUT2D eigenvalue weighted by molar-refractivity contribution is 0.627. The van der Waals surface area contributed by atoms with Crippen LogP contribution in [-0.4, -0.2) is 4.21 Å². The van der Waals surface area contributed by atoms with Gasteiger partial charge in [-0.1, -0.05) is 29.3 Å². The molecule has 0 bridgehead atoms. The summed E-state index contributed by atoms with van der Waals surface area (Å²) in [6.45, 7) is 0. The summed E-state index contributed by atoms with van der Waals surface area (Å²) in [6, 6.07) is 9.10. The molecule has 2 aromatic carbocycles. The van der Waals surface area contributed by atoms with Crippen molar-refractivity contribution in [2.75, 3.05) is 5.73 Å². The predicted molar refractivity (Wildman–Crippen MR) is 77.4 cm³/mol. The third-order valence-corrected chi connectivity index (χ3v) is 4.51. The van der Waals surface area contributed by atoms with Gasteiger partial charge >= 0.3 is 0 Å². The molecular weight excluding hydrogens is 308 g/mol. The fourth-order valence-electron chi connectivity index (χ4n) is 1.51. The lowest BCUT2D eigenvalue weighted by atomic mass is 10.2. The quantitative estimate of drug-likeness (QED) is 0.869. The van der Waals surface area contributed by atoms with Gasteiger partial charge in [0.25, 0.3) is 0 Å². The van der Waals surface area contributed by atoms with Gasteiger partial charge < -0.3 is 5.73 Å². The third-order valence-electron chi connectivity index (χ3n) is 2.52. The van der Waals surface area contributed by atoms with Crippen LogP contribution in [0.5, 0.6) is 0 Å². The van der Waals surface area contributed by atoms with Gasteiger partial charge in [-0.05, 0) is 35.9 Å². The van der Waals surface area contributed by atoms with E-state index in [9.17, 15) is 8.60 Å². The summed E-state index contributed by atoms with van der Waals surface area (Å²) in [5.74, 6) is -0.257. The minimum Gasteiger partial charge on any atom is -0.398 e. The lowest BCUT2D eigenvalue weighted by Crippen LogP contribution is -1.98. The highest BCUT2D eigenvalue weighted by Crippen LogP contribution is 2.24. The van der Waals surface area contributed by atoms with Crippen LogP contribution < -0.4 is 5.73 Å². The van der Waals surface area contributed by atoms with Crippen molar-refractivity contribution in [1.82, 2.24) is 0 Å². The van der Waals surface area contributed by atoms with Crippen LogP contribution in [0.1, 0.15) is 5.56 Å². The molecule has 0 radical (unpaired) electrons. The van der Waals surface area contributed by atoms with Gasteiger partial charge in [0.1, 0.15) is 5.82 Å². The first-order valence-electron chi connectivity index (χ1n) is 5.34. The Labute approximate surface area is 122 Å². The minimum absolute atomic E-state index is 0.0184. The molecule has 100 valence electrons. The lowest BCUT2D eigenvalue weighted by Gasteiger charge is -2.05. The van der Waals surface area contributed by atoms with Crippen molar-refractivity contribution in [2.45, 2.75) is 10.6 Å². The largest absolute Gasteiger partial charge is 0.398 e. The van der Waals surface area contributed by atoms with E-state index in [1.807, 2.05) is 0 Å². The Morgan fingerprint density at radius 1 is 1.11 bits per heavy atom. The normalized spacial score (nSPS) is 12.4. The Kier molecular flexibility index (Phi) is 4.45. The molecule has 19 heavy (non-hydrogen) atoms. The van der Waals surface area contributed by atoms with Crippen LogP contribution >= 0.6 is 23.2 Å². The summed E-state index contributed by atoms with van der Waals surface area (Å²) in [7, 11) is -1.29. The van der Waals surface area contributed by atoms with Crippen molar-refractivity contribution in [3.63, 3.8) is 0 Å². The van der Waals surface area contributed by atoms with Gasteiger partial charge in [0.2, 0.25) is 0 Å². The molecule has 0 aliphatic heterocycles. The fourth-order valence-corrected chi connectivity index (χ4v) is 3.08. The molecule has 1 atom stereocenters. The molecule has 0 aromatic heterocycles. The summed E-state index contributed by atoms with van der Waals surface area (Å²) in [5.41, 5.74) is 6.72. The summed E-state index contributed by atoms with van der Waals surface area (Å²) < 4.78 is 25.2. The number of rotatable bonds is 3. The molecular formula is C13H10Cl2FNOS. The zero-order valence-corrected chi connectivity index (χ0v) is 12.0. The van der Waals surface area contributed by atoms with Crippen LogP contribution in [0, 0.1) is 5.82 Å². The Bertz CT molecular complexity index is 649. The highest BCUT2D eigenvalue weighted by atomic mass is 35.5. The van der Waals surface area contributed by atoms with E-state index in [2.05, 4.69) is 0 Å². The highest BCUT2D eigenvalue weighted by Gasteiger charge is 2.09. The smallest absolute Gasteiger partial charge is 0.141 e. The molecule has 6 heteroatoms. The number of hydrogen-bond acceptors (Lipinski definition) is 2. The first-order chi connectivity index (χ1) is 8.97. The summed E-state index contributed by atoms with van der Waals surface area (Å²) in [5, 5.41) is 0.382. The Morgan fingerprint density at radius 3 is 2.47 bits per heavy atom. The first-order valence-corrected chi connectivity index (χ1v) is 7.42. The van der Waals surface area contributed by atoms with Crippen molar-refractivity contribution < 1.29 is 8.60 Å². The molecule has 0 aliphatic carbocycles. The molecule has 0 spiro atoms. The van der Waals surface area contributed by atoms with Crippen LogP contribution in [0.15, 0.2) is 41.3 Å². The van der Waals surface area contributed by atoms with Gasteiger partial charge in [0.05, 0.1) is 32.3 Å². The van der Waals surface area contributed by atoms with Crippen molar-refractivity contribution >= 4 is 39.7 Å². The molecule has 0 saturated carbocycles. The Hall–Kier alpha value is -1.10. The Morgan fingerprint density at radius 2 is 1.84 bits per heavy atom. The maximum Gasteiger partial charge on any atom is 0.141 e. The number of anilines is 1. The zero-order chi connectivity index (χ0) is 14.0. The van der Waals surface area contributed by atoms with E-state index in [0.717, 1.165) is 0 Å². The molecule has 2 nitrogen and oxygen atoms in total. The van der Waals surface area contributed by atoms with Crippen molar-refractivity contribution in [3.05, 3.63) is 57.8 Å². The number of benzene rings is 2. The molecule has 0 heterocycles. The van der Waals surface area contributed by atoms with Crippen LogP contribution in [0.4, 0.5) is 10.1 Å². The molecule has 1 unspecified atom stereocenters. The minimum atomic E-state index is -1.29. The average Bonchev–Trinajstić information content (AvgIpc) is 2.37. The van der Waals surface area contributed by atoms with Crippen molar-refractivity contribution in [3.8, 4) is 0 Å². The van der Waals surface area contributed by atoms with Crippen molar-refractivity contribution in [1.29, 1.82) is 0 Å². The van der Waals surface area contributed by atoms with E-state index in [-0.39, 0.29) is 10.8 Å². The van der Waals surface area contributed by atoms with E-state index in [1.54, 1.807) is 24.3 Å². The maximum atomic E-state index is 13.0. The van der Waals surface area contributed by atoms with Gasteiger partial charge in [-0.2, -0.15) is 0 Å². The number of nitrogen functional groups attached to an aromatic ring is 1. The molecule has 0 saturated heterocycles. The fraction of sp³-hybridized carbons (Fsp3) is 0.0769. The highest BCUT2D eigenvalue weighted by molar-refractivity contribution is 7.84.